The van der Waals surface area contributed by atoms with E-state index in [0.29, 0.717) is 28.8 Å². The number of hydrogen-bond acceptors (Lipinski definition) is 4. The molecule has 0 N–H and O–H groups in total. The molecule has 6 heteroatoms. The summed E-state index contributed by atoms with van der Waals surface area (Å²) in [5, 5.41) is 0. The Labute approximate surface area is 186 Å². The van der Waals surface area contributed by atoms with Gasteiger partial charge in [0.25, 0.3) is 5.91 Å². The fourth-order valence-electron chi connectivity index (χ4n) is 6.08. The van der Waals surface area contributed by atoms with Crippen molar-refractivity contribution in [2.24, 2.45) is 35.5 Å². The molecule has 2 bridgehead atoms. The average molecular weight is 428 g/mol. The topological polar surface area (TPSA) is 66.9 Å². The zero-order valence-electron chi connectivity index (χ0n) is 17.8. The molecule has 3 amide bonds. The van der Waals surface area contributed by atoms with Crippen LogP contribution in [-0.2, 0) is 9.59 Å². The molecule has 2 aromatic rings. The van der Waals surface area contributed by atoms with E-state index < -0.39 is 0 Å². The Bertz CT molecular complexity index is 1110. The van der Waals surface area contributed by atoms with E-state index in [4.69, 9.17) is 4.74 Å². The minimum Gasteiger partial charge on any atom is -0.497 e. The highest BCUT2D eigenvalue weighted by Gasteiger charge is 2.67. The van der Waals surface area contributed by atoms with E-state index in [-0.39, 0.29) is 48.1 Å². The van der Waals surface area contributed by atoms with Gasteiger partial charge in [0, 0.05) is 11.3 Å². The zero-order valence-corrected chi connectivity index (χ0v) is 17.8. The summed E-state index contributed by atoms with van der Waals surface area (Å²) in [6.45, 7) is -0.0838. The minimum absolute atomic E-state index is 0.0838. The normalized spacial score (nSPS) is 31.3. The van der Waals surface area contributed by atoms with E-state index in [9.17, 15) is 14.4 Å². The van der Waals surface area contributed by atoms with Crippen LogP contribution in [0.25, 0.3) is 0 Å². The van der Waals surface area contributed by atoms with Crippen molar-refractivity contribution in [2.75, 3.05) is 18.7 Å². The van der Waals surface area contributed by atoms with Crippen LogP contribution < -0.4 is 9.64 Å². The molecule has 6 nitrogen and oxygen atoms in total. The second-order valence-electron chi connectivity index (χ2n) is 9.20. The number of nitrogens with zero attached hydrogens (tertiary/aromatic N) is 2. The van der Waals surface area contributed by atoms with E-state index in [0.717, 1.165) is 6.42 Å². The molecule has 2 aromatic carbocycles. The third-order valence-electron chi connectivity index (χ3n) is 7.67. The lowest BCUT2D eigenvalue weighted by atomic mass is 9.63. The summed E-state index contributed by atoms with van der Waals surface area (Å²) in [5.41, 5.74) is 1.08. The highest BCUT2D eigenvalue weighted by atomic mass is 16.5. The van der Waals surface area contributed by atoms with Crippen molar-refractivity contribution in [2.45, 2.75) is 6.42 Å². The van der Waals surface area contributed by atoms with Gasteiger partial charge in [-0.15, -0.1) is 0 Å². The van der Waals surface area contributed by atoms with Gasteiger partial charge in [-0.05, 0) is 60.4 Å². The molecule has 6 atom stereocenters. The first-order chi connectivity index (χ1) is 15.6. The Morgan fingerprint density at radius 1 is 0.969 bits per heavy atom. The van der Waals surface area contributed by atoms with E-state index in [1.165, 1.54) is 9.80 Å². The van der Waals surface area contributed by atoms with Crippen LogP contribution in [0.2, 0.25) is 0 Å². The average Bonchev–Trinajstić information content (AvgIpc) is 3.62. The summed E-state index contributed by atoms with van der Waals surface area (Å²) in [5.74, 6) is 0.897. The Morgan fingerprint density at radius 2 is 1.62 bits per heavy atom. The fourth-order valence-corrected chi connectivity index (χ4v) is 6.08. The van der Waals surface area contributed by atoms with E-state index in [1.807, 2.05) is 30.3 Å². The van der Waals surface area contributed by atoms with E-state index in [2.05, 4.69) is 12.2 Å². The number of anilines is 1. The van der Waals surface area contributed by atoms with Crippen LogP contribution >= 0.6 is 0 Å². The Morgan fingerprint density at radius 3 is 2.25 bits per heavy atom. The van der Waals surface area contributed by atoms with Gasteiger partial charge in [0.1, 0.15) is 12.4 Å². The summed E-state index contributed by atoms with van der Waals surface area (Å²) in [6.07, 6.45) is 5.44. The third kappa shape index (κ3) is 2.75. The van der Waals surface area contributed by atoms with Crippen molar-refractivity contribution < 1.29 is 19.1 Å². The van der Waals surface area contributed by atoms with Crippen LogP contribution in [0.5, 0.6) is 5.75 Å². The molecular weight excluding hydrogens is 404 g/mol. The van der Waals surface area contributed by atoms with Crippen LogP contribution in [0.15, 0.2) is 66.7 Å². The number of carbonyl (C=O) groups is 3. The van der Waals surface area contributed by atoms with Crippen molar-refractivity contribution in [3.63, 3.8) is 0 Å². The molecule has 1 heterocycles. The monoisotopic (exact) mass is 428 g/mol. The molecule has 0 spiro atoms. The summed E-state index contributed by atoms with van der Waals surface area (Å²) < 4.78 is 5.27. The fraction of sp³-hybridized carbons (Fsp3) is 0.346. The summed E-state index contributed by atoms with van der Waals surface area (Å²) in [7, 11) is 1.55. The van der Waals surface area contributed by atoms with Crippen LogP contribution in [0, 0.1) is 35.5 Å². The number of amides is 3. The third-order valence-corrected chi connectivity index (χ3v) is 7.67. The first kappa shape index (κ1) is 19.3. The predicted octanol–water partition coefficient (Wildman–Crippen LogP) is 3.35. The summed E-state index contributed by atoms with van der Waals surface area (Å²) in [4.78, 5) is 43.3. The van der Waals surface area contributed by atoms with Crippen LogP contribution in [-0.4, -0.2) is 36.4 Å². The lowest BCUT2D eigenvalue weighted by Gasteiger charge is -2.37. The smallest absolute Gasteiger partial charge is 0.259 e. The minimum atomic E-state index is -0.283. The molecular formula is C26H24N2O4. The number of hydrogen-bond donors (Lipinski definition) is 0. The van der Waals surface area contributed by atoms with Crippen molar-refractivity contribution >= 4 is 23.4 Å². The molecule has 0 aromatic heterocycles. The molecule has 32 heavy (non-hydrogen) atoms. The molecule has 1 aliphatic heterocycles. The maximum atomic E-state index is 13.5. The predicted molar refractivity (Wildman–Crippen MR) is 118 cm³/mol. The molecule has 162 valence electrons. The van der Waals surface area contributed by atoms with Crippen molar-refractivity contribution in [1.82, 2.24) is 4.90 Å². The lowest BCUT2D eigenvalue weighted by molar-refractivity contribution is -0.140. The van der Waals surface area contributed by atoms with Crippen molar-refractivity contribution in [3.05, 3.63) is 72.3 Å². The second kappa shape index (κ2) is 7.05. The zero-order chi connectivity index (χ0) is 22.0. The molecule has 1 saturated heterocycles. The van der Waals surface area contributed by atoms with Gasteiger partial charge >= 0.3 is 0 Å². The standard InChI is InChI=1S/C26H24N2O4/c1-32-17-9-5-6-15(12-17)24(29)27(16-7-3-2-4-8-16)14-28-25(30)22-18-10-11-19(21-13-20(18)21)23(22)26(28)31/h2-12,18-23H,13-14H2,1H3/t18-,19-,20-,21+,22-,23-/m1/s1. The largest absolute Gasteiger partial charge is 0.497 e. The molecule has 0 radical (unpaired) electrons. The number of likely N-dealkylation sites (tertiary alicyclic amines) is 1. The quantitative estimate of drug-likeness (QED) is 0.541. The highest BCUT2D eigenvalue weighted by Crippen LogP contribution is 2.65. The number of methoxy groups -OCH3 is 1. The highest BCUT2D eigenvalue weighted by molar-refractivity contribution is 6.10. The van der Waals surface area contributed by atoms with Gasteiger partial charge in [-0.25, -0.2) is 0 Å². The van der Waals surface area contributed by atoms with Gasteiger partial charge in [-0.2, -0.15) is 0 Å². The number of imide groups is 1. The van der Waals surface area contributed by atoms with Gasteiger partial charge in [0.15, 0.2) is 0 Å². The lowest BCUT2D eigenvalue weighted by Crippen LogP contribution is -2.45. The summed E-state index contributed by atoms with van der Waals surface area (Å²) >= 11 is 0. The van der Waals surface area contributed by atoms with Gasteiger partial charge in [-0.3, -0.25) is 24.2 Å². The SMILES string of the molecule is COc1cccc(C(=O)N(CN2C(=O)[C@@H]3[C@@H]4C=C[C@H]([C@@H]5C[C@H]45)[C@H]3C2=O)c2ccccc2)c1. The van der Waals surface area contributed by atoms with E-state index >= 15 is 0 Å². The molecule has 2 saturated carbocycles. The molecule has 3 fully saturated rings. The second-order valence-corrected chi connectivity index (χ2v) is 9.20. The van der Waals surface area contributed by atoms with Gasteiger partial charge < -0.3 is 4.74 Å². The first-order valence-electron chi connectivity index (χ1n) is 11.1. The van der Waals surface area contributed by atoms with E-state index in [1.54, 1.807) is 31.4 Å². The Balaban J connectivity index is 1.33. The number of rotatable bonds is 5. The number of carbonyl (C=O) groups excluding carboxylic acids is 3. The summed E-state index contributed by atoms with van der Waals surface area (Å²) in [6, 6.07) is 16.1. The van der Waals surface area contributed by atoms with Gasteiger partial charge in [-0.1, -0.05) is 36.4 Å². The number of para-hydroxylation sites is 1. The van der Waals surface area contributed by atoms with Crippen LogP contribution in [0.4, 0.5) is 5.69 Å². The van der Waals surface area contributed by atoms with Crippen LogP contribution in [0.3, 0.4) is 0 Å². The van der Waals surface area contributed by atoms with Crippen molar-refractivity contribution in [1.29, 1.82) is 0 Å². The molecule has 7 rings (SSSR count). The number of ether oxygens (including phenoxy) is 1. The molecule has 5 aliphatic rings. The molecule has 4 aliphatic carbocycles. The molecule has 0 unspecified atom stereocenters. The Kier molecular flexibility index (Phi) is 4.25. The van der Waals surface area contributed by atoms with Crippen molar-refractivity contribution in [3.8, 4) is 5.75 Å². The number of allylic oxidation sites excluding steroid dienone is 2. The van der Waals surface area contributed by atoms with Gasteiger partial charge in [0.2, 0.25) is 11.8 Å². The maximum absolute atomic E-state index is 13.5. The van der Waals surface area contributed by atoms with Crippen LogP contribution in [0.1, 0.15) is 16.8 Å². The first-order valence-corrected chi connectivity index (χ1v) is 11.1. The maximum Gasteiger partial charge on any atom is 0.259 e. The number of benzene rings is 2. The Hall–Kier alpha value is -3.41. The van der Waals surface area contributed by atoms with Gasteiger partial charge in [0.05, 0.1) is 18.9 Å².